The zero-order valence-electron chi connectivity index (χ0n) is 10.7. The highest BCUT2D eigenvalue weighted by atomic mass is 16.5. The van der Waals surface area contributed by atoms with E-state index >= 15 is 0 Å². The molecule has 1 N–H and O–H groups in total. The summed E-state index contributed by atoms with van der Waals surface area (Å²) in [6, 6.07) is 0. The van der Waals surface area contributed by atoms with Gasteiger partial charge in [0.2, 0.25) is 0 Å². The summed E-state index contributed by atoms with van der Waals surface area (Å²) >= 11 is 0. The van der Waals surface area contributed by atoms with Crippen LogP contribution < -0.4 is 0 Å². The van der Waals surface area contributed by atoms with Crippen molar-refractivity contribution in [3.8, 4) is 0 Å². The number of fused-ring (bicyclic) bond motifs is 1. The van der Waals surface area contributed by atoms with E-state index < -0.39 is 23.3 Å². The minimum atomic E-state index is -0.891. The van der Waals surface area contributed by atoms with E-state index in [1.165, 1.54) is 7.11 Å². The molecule has 0 radical (unpaired) electrons. The Morgan fingerprint density at radius 1 is 1.44 bits per heavy atom. The molecule has 0 amide bonds. The number of ether oxygens (including phenoxy) is 1. The van der Waals surface area contributed by atoms with Crippen molar-refractivity contribution < 1.29 is 19.4 Å². The number of methoxy groups -OCH3 is 1. The Morgan fingerprint density at radius 2 is 2.00 bits per heavy atom. The van der Waals surface area contributed by atoms with Crippen molar-refractivity contribution >= 4 is 11.9 Å². The summed E-state index contributed by atoms with van der Waals surface area (Å²) in [6.07, 6.45) is 5.97. The topological polar surface area (TPSA) is 63.6 Å². The van der Waals surface area contributed by atoms with Gasteiger partial charge in [0, 0.05) is 0 Å². The number of hydrogen-bond donors (Lipinski definition) is 1. The molecule has 3 atom stereocenters. The number of carbonyl (C=O) groups excluding carboxylic acids is 1. The first-order chi connectivity index (χ1) is 8.60. The maximum absolute atomic E-state index is 11.9. The van der Waals surface area contributed by atoms with Crippen LogP contribution in [0.1, 0.15) is 32.1 Å². The average molecular weight is 252 g/mol. The summed E-state index contributed by atoms with van der Waals surface area (Å²) in [6.45, 7) is 3.63. The van der Waals surface area contributed by atoms with E-state index in [1.807, 2.05) is 0 Å². The molecular weight excluding hydrogens is 232 g/mol. The molecule has 0 spiro atoms. The Morgan fingerprint density at radius 3 is 2.39 bits per heavy atom. The summed E-state index contributed by atoms with van der Waals surface area (Å²) in [5, 5.41) is 9.63. The fourth-order valence-corrected chi connectivity index (χ4v) is 3.95. The highest BCUT2D eigenvalue weighted by Crippen LogP contribution is 2.69. The summed E-state index contributed by atoms with van der Waals surface area (Å²) in [5.41, 5.74) is -0.891. The molecule has 0 aliphatic heterocycles. The predicted molar refractivity (Wildman–Crippen MR) is 65.8 cm³/mol. The first-order valence-corrected chi connectivity index (χ1v) is 6.52. The number of carbonyl (C=O) groups is 2. The molecule has 0 saturated heterocycles. The second kappa shape index (κ2) is 4.75. The van der Waals surface area contributed by atoms with Crippen LogP contribution in [0, 0.1) is 23.2 Å². The fourth-order valence-electron chi connectivity index (χ4n) is 3.95. The van der Waals surface area contributed by atoms with Crippen molar-refractivity contribution in [3.05, 3.63) is 12.7 Å². The molecule has 0 heterocycles. The van der Waals surface area contributed by atoms with Crippen molar-refractivity contribution in [2.24, 2.45) is 23.2 Å². The summed E-state index contributed by atoms with van der Waals surface area (Å²) < 4.78 is 4.80. The SMILES string of the molecule is C=CCC(C(=O)OC)C1(C(=O)O)C2CCCCC21. The third-order valence-corrected chi connectivity index (χ3v) is 4.72. The molecule has 0 bridgehead atoms. The van der Waals surface area contributed by atoms with Crippen molar-refractivity contribution in [3.63, 3.8) is 0 Å². The molecule has 0 aromatic heterocycles. The fraction of sp³-hybridized carbons (Fsp3) is 0.714. The van der Waals surface area contributed by atoms with Gasteiger partial charge in [0.05, 0.1) is 18.4 Å². The van der Waals surface area contributed by atoms with Crippen LogP contribution in [-0.2, 0) is 14.3 Å². The normalized spacial score (nSPS) is 35.2. The van der Waals surface area contributed by atoms with Gasteiger partial charge in [-0.25, -0.2) is 0 Å². The van der Waals surface area contributed by atoms with Gasteiger partial charge in [0.25, 0.3) is 0 Å². The Hall–Kier alpha value is -1.32. The van der Waals surface area contributed by atoms with Crippen LogP contribution in [0.3, 0.4) is 0 Å². The minimum absolute atomic E-state index is 0.146. The van der Waals surface area contributed by atoms with E-state index in [-0.39, 0.29) is 11.8 Å². The Balaban J connectivity index is 2.32. The smallest absolute Gasteiger partial charge is 0.311 e. The van der Waals surface area contributed by atoms with Gasteiger partial charge in [-0.05, 0) is 31.1 Å². The number of hydrogen-bond acceptors (Lipinski definition) is 3. The molecule has 4 nitrogen and oxygen atoms in total. The summed E-state index contributed by atoms with van der Waals surface area (Å²) in [7, 11) is 1.32. The van der Waals surface area contributed by atoms with Crippen molar-refractivity contribution in [1.29, 1.82) is 0 Å². The number of aliphatic carboxylic acids is 1. The molecule has 4 heteroatoms. The van der Waals surface area contributed by atoms with E-state index in [9.17, 15) is 14.7 Å². The highest BCUT2D eigenvalue weighted by molar-refractivity contribution is 5.88. The maximum atomic E-state index is 11.9. The number of carboxylic acid groups (broad SMARTS) is 1. The van der Waals surface area contributed by atoms with E-state index in [0.29, 0.717) is 6.42 Å². The average Bonchev–Trinajstić information content (AvgIpc) is 3.05. The van der Waals surface area contributed by atoms with Crippen LogP contribution >= 0.6 is 0 Å². The number of allylic oxidation sites excluding steroid dienone is 1. The highest BCUT2D eigenvalue weighted by Gasteiger charge is 2.74. The molecule has 0 aromatic rings. The predicted octanol–water partition coefficient (Wildman–Crippen LogP) is 2.24. The molecule has 2 aliphatic carbocycles. The summed E-state index contributed by atoms with van der Waals surface area (Å²) in [5.74, 6) is -1.53. The summed E-state index contributed by atoms with van der Waals surface area (Å²) in [4.78, 5) is 23.6. The zero-order chi connectivity index (χ0) is 13.3. The molecular formula is C14H20O4. The van der Waals surface area contributed by atoms with E-state index in [4.69, 9.17) is 4.74 Å². The van der Waals surface area contributed by atoms with Crippen LogP contribution in [-0.4, -0.2) is 24.2 Å². The van der Waals surface area contributed by atoms with Crippen LogP contribution in [0.15, 0.2) is 12.7 Å². The monoisotopic (exact) mass is 252 g/mol. The molecule has 2 aliphatic rings. The number of esters is 1. The van der Waals surface area contributed by atoms with Gasteiger partial charge < -0.3 is 9.84 Å². The molecule has 100 valence electrons. The van der Waals surface area contributed by atoms with Crippen LogP contribution in [0.4, 0.5) is 0 Å². The lowest BCUT2D eigenvalue weighted by atomic mass is 9.82. The molecule has 2 rings (SSSR count). The van der Waals surface area contributed by atoms with E-state index in [0.717, 1.165) is 25.7 Å². The third-order valence-electron chi connectivity index (χ3n) is 4.72. The molecule has 18 heavy (non-hydrogen) atoms. The number of carboxylic acids is 1. The molecule has 2 fully saturated rings. The maximum Gasteiger partial charge on any atom is 0.311 e. The van der Waals surface area contributed by atoms with Gasteiger partial charge in [-0.1, -0.05) is 18.9 Å². The van der Waals surface area contributed by atoms with Gasteiger partial charge in [-0.2, -0.15) is 0 Å². The van der Waals surface area contributed by atoms with E-state index in [2.05, 4.69) is 6.58 Å². The zero-order valence-corrected chi connectivity index (χ0v) is 10.7. The minimum Gasteiger partial charge on any atom is -0.481 e. The molecule has 2 saturated carbocycles. The molecule has 3 unspecified atom stereocenters. The second-order valence-electron chi connectivity index (χ2n) is 5.34. The Labute approximate surface area is 107 Å². The lowest BCUT2D eigenvalue weighted by Gasteiger charge is -2.22. The van der Waals surface area contributed by atoms with Crippen LogP contribution in [0.25, 0.3) is 0 Å². The van der Waals surface area contributed by atoms with Crippen molar-refractivity contribution in [1.82, 2.24) is 0 Å². The quantitative estimate of drug-likeness (QED) is 0.602. The van der Waals surface area contributed by atoms with Gasteiger partial charge in [-0.3, -0.25) is 9.59 Å². The van der Waals surface area contributed by atoms with Crippen molar-refractivity contribution in [2.45, 2.75) is 32.1 Å². The van der Waals surface area contributed by atoms with Crippen LogP contribution in [0.2, 0.25) is 0 Å². The van der Waals surface area contributed by atoms with Crippen molar-refractivity contribution in [2.75, 3.05) is 7.11 Å². The second-order valence-corrected chi connectivity index (χ2v) is 5.34. The van der Waals surface area contributed by atoms with Gasteiger partial charge in [0.15, 0.2) is 0 Å². The lowest BCUT2D eigenvalue weighted by Crippen LogP contribution is -2.35. The van der Waals surface area contributed by atoms with Gasteiger partial charge >= 0.3 is 11.9 Å². The molecule has 0 aromatic carbocycles. The van der Waals surface area contributed by atoms with E-state index in [1.54, 1.807) is 6.08 Å². The largest absolute Gasteiger partial charge is 0.481 e. The first-order valence-electron chi connectivity index (χ1n) is 6.52. The first kappa shape index (κ1) is 13.1. The standard InChI is InChI=1S/C14H20O4/c1-3-6-11(12(15)18-2)14(13(16)17)9-7-4-5-8-10(9)14/h3,9-11H,1,4-8H2,2H3,(H,16,17). The third kappa shape index (κ3) is 1.66. The number of rotatable bonds is 5. The Bertz CT molecular complexity index is 362. The van der Waals surface area contributed by atoms with Gasteiger partial charge in [-0.15, -0.1) is 6.58 Å². The Kier molecular flexibility index (Phi) is 3.46. The van der Waals surface area contributed by atoms with Gasteiger partial charge in [0.1, 0.15) is 0 Å². The lowest BCUT2D eigenvalue weighted by molar-refractivity contribution is -0.159. The van der Waals surface area contributed by atoms with Crippen LogP contribution in [0.5, 0.6) is 0 Å².